The summed E-state index contributed by atoms with van der Waals surface area (Å²) in [5.74, 6) is -2.80. The second-order valence-electron chi connectivity index (χ2n) is 2.80. The number of carboxylic acid groups (broad SMARTS) is 2. The van der Waals surface area contributed by atoms with E-state index >= 15 is 0 Å². The van der Waals surface area contributed by atoms with E-state index in [9.17, 15) is 14.7 Å². The van der Waals surface area contributed by atoms with Gasteiger partial charge in [-0.15, -0.1) is 0 Å². The second-order valence-corrected chi connectivity index (χ2v) is 2.80. The molecular formula is C10H19NO4. The van der Waals surface area contributed by atoms with Crippen LogP contribution in [-0.4, -0.2) is 36.7 Å². The van der Waals surface area contributed by atoms with Gasteiger partial charge in [-0.3, -0.25) is 0 Å². The van der Waals surface area contributed by atoms with Gasteiger partial charge in [0.1, 0.15) is 0 Å². The van der Waals surface area contributed by atoms with Crippen LogP contribution in [0.3, 0.4) is 0 Å². The van der Waals surface area contributed by atoms with Gasteiger partial charge in [0, 0.05) is 6.08 Å². The summed E-state index contributed by atoms with van der Waals surface area (Å²) in [6.45, 7) is 10.5. The molecule has 0 atom stereocenters. The number of carbonyl (C=O) groups is 2. The quantitative estimate of drug-likeness (QED) is 0.538. The maximum atomic E-state index is 9.53. The predicted molar refractivity (Wildman–Crippen MR) is 54.4 cm³/mol. The van der Waals surface area contributed by atoms with Crippen molar-refractivity contribution in [2.45, 2.75) is 20.8 Å². The average Bonchev–Trinajstić information content (AvgIpc) is 2.18. The van der Waals surface area contributed by atoms with Crippen LogP contribution in [0.4, 0.5) is 0 Å². The van der Waals surface area contributed by atoms with Crippen molar-refractivity contribution in [1.82, 2.24) is 0 Å². The molecule has 0 unspecified atom stereocenters. The van der Waals surface area contributed by atoms with E-state index in [1.54, 1.807) is 4.90 Å². The Bertz CT molecular complexity index is 188. The van der Waals surface area contributed by atoms with E-state index in [-0.39, 0.29) is 0 Å². The van der Waals surface area contributed by atoms with E-state index in [0.29, 0.717) is 12.2 Å². The SMILES string of the molecule is CC[NH+](CC)CC.O=C([O-])/C=C/C(=O)O. The fraction of sp³-hybridized carbons (Fsp3) is 0.600. The normalized spacial score (nSPS) is 9.87. The third kappa shape index (κ3) is 15.4. The first-order valence-corrected chi connectivity index (χ1v) is 4.93. The summed E-state index contributed by atoms with van der Waals surface area (Å²) in [5, 5.41) is 17.2. The zero-order valence-corrected chi connectivity index (χ0v) is 9.45. The molecule has 0 aromatic carbocycles. The van der Waals surface area contributed by atoms with Gasteiger partial charge in [0.25, 0.3) is 0 Å². The summed E-state index contributed by atoms with van der Waals surface area (Å²) >= 11 is 0. The van der Waals surface area contributed by atoms with Gasteiger partial charge in [0.15, 0.2) is 0 Å². The molecule has 5 heteroatoms. The van der Waals surface area contributed by atoms with Gasteiger partial charge in [0.2, 0.25) is 0 Å². The lowest BCUT2D eigenvalue weighted by Gasteiger charge is -2.10. The molecule has 88 valence electrons. The molecule has 0 aliphatic carbocycles. The molecule has 0 amide bonds. The Kier molecular flexibility index (Phi) is 11.5. The molecular weight excluding hydrogens is 198 g/mol. The Labute approximate surface area is 90.0 Å². The van der Waals surface area contributed by atoms with Crippen LogP contribution < -0.4 is 10.0 Å². The largest absolute Gasteiger partial charge is 0.545 e. The average molecular weight is 217 g/mol. The van der Waals surface area contributed by atoms with Crippen LogP contribution in [0.1, 0.15) is 20.8 Å². The Hall–Kier alpha value is -1.36. The molecule has 0 bridgehead atoms. The van der Waals surface area contributed by atoms with Crippen molar-refractivity contribution in [1.29, 1.82) is 0 Å². The predicted octanol–water partition coefficient (Wildman–Crippen LogP) is -1.69. The molecule has 0 radical (unpaired) electrons. The molecule has 15 heavy (non-hydrogen) atoms. The van der Waals surface area contributed by atoms with Crippen LogP contribution in [0.5, 0.6) is 0 Å². The van der Waals surface area contributed by atoms with Crippen molar-refractivity contribution in [3.8, 4) is 0 Å². The summed E-state index contributed by atoms with van der Waals surface area (Å²) in [6, 6.07) is 0. The molecule has 0 aromatic heterocycles. The van der Waals surface area contributed by atoms with Gasteiger partial charge >= 0.3 is 5.97 Å². The van der Waals surface area contributed by atoms with Gasteiger partial charge < -0.3 is 19.9 Å². The third-order valence-corrected chi connectivity index (χ3v) is 1.86. The molecule has 0 saturated heterocycles. The summed E-state index contributed by atoms with van der Waals surface area (Å²) in [5.41, 5.74) is 0. The lowest BCUT2D eigenvalue weighted by Crippen LogP contribution is -3.11. The Morgan fingerprint density at radius 1 is 1.13 bits per heavy atom. The molecule has 0 saturated carbocycles. The van der Waals surface area contributed by atoms with Gasteiger partial charge in [-0.05, 0) is 26.8 Å². The maximum absolute atomic E-state index is 9.53. The van der Waals surface area contributed by atoms with Crippen LogP contribution in [0, 0.1) is 0 Å². The van der Waals surface area contributed by atoms with Crippen LogP contribution in [0.25, 0.3) is 0 Å². The minimum absolute atomic E-state index is 0.447. The number of carboxylic acids is 2. The number of nitrogens with one attached hydrogen (secondary N) is 1. The zero-order chi connectivity index (χ0) is 12.3. The van der Waals surface area contributed by atoms with Gasteiger partial charge in [-0.1, -0.05) is 0 Å². The van der Waals surface area contributed by atoms with Crippen molar-refractivity contribution in [3.63, 3.8) is 0 Å². The number of aliphatic carboxylic acids is 2. The Morgan fingerprint density at radius 3 is 1.60 bits per heavy atom. The highest BCUT2D eigenvalue weighted by Gasteiger charge is 1.92. The molecule has 0 aliphatic rings. The van der Waals surface area contributed by atoms with Crippen LogP contribution in [-0.2, 0) is 9.59 Å². The number of rotatable bonds is 5. The highest BCUT2D eigenvalue weighted by Crippen LogP contribution is 1.67. The summed E-state index contributed by atoms with van der Waals surface area (Å²) < 4.78 is 0. The number of hydrogen-bond donors (Lipinski definition) is 2. The molecule has 0 rings (SSSR count). The first-order valence-electron chi connectivity index (χ1n) is 4.93. The van der Waals surface area contributed by atoms with E-state index in [2.05, 4.69) is 20.8 Å². The minimum atomic E-state index is -1.51. The number of carbonyl (C=O) groups excluding carboxylic acids is 1. The maximum Gasteiger partial charge on any atom is 0.328 e. The Morgan fingerprint density at radius 2 is 1.53 bits per heavy atom. The molecule has 0 aromatic rings. The fourth-order valence-electron chi connectivity index (χ4n) is 0.889. The first-order chi connectivity index (χ1) is 6.97. The van der Waals surface area contributed by atoms with Crippen LogP contribution >= 0.6 is 0 Å². The van der Waals surface area contributed by atoms with Crippen LogP contribution in [0.2, 0.25) is 0 Å². The Balaban J connectivity index is 0. The molecule has 5 nitrogen and oxygen atoms in total. The van der Waals surface area contributed by atoms with Crippen molar-refractivity contribution in [2.75, 3.05) is 19.6 Å². The zero-order valence-electron chi connectivity index (χ0n) is 9.45. The van der Waals surface area contributed by atoms with Crippen molar-refractivity contribution >= 4 is 11.9 Å². The number of hydrogen-bond acceptors (Lipinski definition) is 3. The first kappa shape index (κ1) is 16.1. The van der Waals surface area contributed by atoms with E-state index < -0.39 is 11.9 Å². The molecule has 2 N–H and O–H groups in total. The highest BCUT2D eigenvalue weighted by atomic mass is 16.4. The standard InChI is InChI=1S/C6H15N.C4H4O4/c1-4-7(5-2)6-3;5-3(6)1-2-4(7)8/h4-6H2,1-3H3;1-2H,(H,5,6)(H,7,8)/b;2-1+. The molecule has 0 aliphatic heterocycles. The van der Waals surface area contributed by atoms with Gasteiger partial charge in [0.05, 0.1) is 25.6 Å². The molecule has 0 fully saturated rings. The highest BCUT2D eigenvalue weighted by molar-refractivity contribution is 5.88. The van der Waals surface area contributed by atoms with Gasteiger partial charge in [-0.2, -0.15) is 0 Å². The van der Waals surface area contributed by atoms with E-state index in [4.69, 9.17) is 5.11 Å². The molecule has 0 heterocycles. The molecule has 0 spiro atoms. The van der Waals surface area contributed by atoms with E-state index in [0.717, 1.165) is 0 Å². The monoisotopic (exact) mass is 217 g/mol. The number of quaternary nitrogens is 1. The lowest BCUT2D eigenvalue weighted by molar-refractivity contribution is -0.894. The van der Waals surface area contributed by atoms with Crippen molar-refractivity contribution in [2.24, 2.45) is 0 Å². The summed E-state index contributed by atoms with van der Waals surface area (Å²) in [6.07, 6.45) is 0.942. The van der Waals surface area contributed by atoms with E-state index in [1.165, 1.54) is 19.6 Å². The smallest absolute Gasteiger partial charge is 0.328 e. The van der Waals surface area contributed by atoms with Gasteiger partial charge in [-0.25, -0.2) is 4.79 Å². The van der Waals surface area contributed by atoms with Crippen molar-refractivity contribution < 1.29 is 24.7 Å². The van der Waals surface area contributed by atoms with Crippen LogP contribution in [0.15, 0.2) is 12.2 Å². The minimum Gasteiger partial charge on any atom is -0.545 e. The van der Waals surface area contributed by atoms with E-state index in [1.807, 2.05) is 0 Å². The second kappa shape index (κ2) is 10.7. The summed E-state index contributed by atoms with van der Waals surface area (Å²) in [4.78, 5) is 20.6. The summed E-state index contributed by atoms with van der Waals surface area (Å²) in [7, 11) is 0. The van der Waals surface area contributed by atoms with Crippen molar-refractivity contribution in [3.05, 3.63) is 12.2 Å². The third-order valence-electron chi connectivity index (χ3n) is 1.86. The lowest BCUT2D eigenvalue weighted by atomic mass is 10.5. The topological polar surface area (TPSA) is 81.9 Å². The fourth-order valence-corrected chi connectivity index (χ4v) is 0.889.